The highest BCUT2D eigenvalue weighted by Gasteiger charge is 2.32. The number of likely N-dealkylation sites (N-methyl/N-ethyl adjacent to an activating group) is 1. The van der Waals surface area contributed by atoms with Crippen molar-refractivity contribution in [2.24, 2.45) is 11.8 Å². The fourth-order valence-electron chi connectivity index (χ4n) is 4.85. The van der Waals surface area contributed by atoms with Crippen molar-refractivity contribution in [3.63, 3.8) is 0 Å². The minimum atomic E-state index is -0.464. The van der Waals surface area contributed by atoms with Crippen LogP contribution in [0.3, 0.4) is 0 Å². The van der Waals surface area contributed by atoms with Crippen molar-refractivity contribution in [2.75, 3.05) is 60.2 Å². The van der Waals surface area contributed by atoms with Gasteiger partial charge in [0.1, 0.15) is 0 Å². The summed E-state index contributed by atoms with van der Waals surface area (Å²) in [6, 6.07) is 4.22. The number of hydrogen-bond donors (Lipinski definition) is 3. The maximum absolute atomic E-state index is 13.2. The smallest absolute Gasteiger partial charge is 0.406 e. The summed E-state index contributed by atoms with van der Waals surface area (Å²) in [6.07, 6.45) is 4.47. The Morgan fingerprint density at radius 2 is 2.12 bits per heavy atom. The van der Waals surface area contributed by atoms with Crippen LogP contribution in [0.4, 0.5) is 9.59 Å². The molecule has 0 aliphatic carbocycles. The minimum Gasteiger partial charge on any atom is -0.453 e. The zero-order valence-corrected chi connectivity index (χ0v) is 21.2. The lowest BCUT2D eigenvalue weighted by Gasteiger charge is -2.37. The van der Waals surface area contributed by atoms with Crippen molar-refractivity contribution in [1.82, 2.24) is 20.9 Å². The number of amides is 3. The molecule has 2 saturated heterocycles. The Balaban J connectivity index is 1.55. The van der Waals surface area contributed by atoms with Gasteiger partial charge in [-0.15, -0.1) is 11.3 Å². The van der Waals surface area contributed by atoms with E-state index in [0.29, 0.717) is 25.6 Å². The molecule has 2 aliphatic heterocycles. The number of piperidine rings is 1. The third kappa shape index (κ3) is 8.41. The van der Waals surface area contributed by atoms with E-state index >= 15 is 0 Å². The van der Waals surface area contributed by atoms with Crippen molar-refractivity contribution in [2.45, 2.75) is 44.2 Å². The molecule has 0 unspecified atom stereocenters. The van der Waals surface area contributed by atoms with E-state index in [1.807, 2.05) is 23.4 Å². The Morgan fingerprint density at radius 1 is 1.29 bits per heavy atom. The fourth-order valence-corrected chi connectivity index (χ4v) is 5.71. The van der Waals surface area contributed by atoms with E-state index in [4.69, 9.17) is 9.47 Å². The molecule has 3 N–H and O–H groups in total. The summed E-state index contributed by atoms with van der Waals surface area (Å²) in [5, 5.41) is 11.2. The monoisotopic (exact) mass is 496 g/mol. The molecular weight excluding hydrogens is 456 g/mol. The number of carbonyl (C=O) groups excluding carboxylic acids is 2. The van der Waals surface area contributed by atoms with E-state index < -0.39 is 6.09 Å². The van der Waals surface area contributed by atoms with Crippen molar-refractivity contribution in [3.8, 4) is 0 Å². The topological polar surface area (TPSA) is 101 Å². The maximum Gasteiger partial charge on any atom is 0.406 e. The number of alkyl carbamates (subject to hydrolysis) is 1. The highest BCUT2D eigenvalue weighted by atomic mass is 32.1. The predicted octanol–water partition coefficient (Wildman–Crippen LogP) is 2.99. The summed E-state index contributed by atoms with van der Waals surface area (Å²) in [5.74, 6) is 0.797. The van der Waals surface area contributed by atoms with Gasteiger partial charge in [0.05, 0.1) is 19.8 Å². The lowest BCUT2D eigenvalue weighted by atomic mass is 9.91. The van der Waals surface area contributed by atoms with Crippen LogP contribution in [0.25, 0.3) is 0 Å². The number of urea groups is 1. The molecule has 3 heterocycles. The van der Waals surface area contributed by atoms with Crippen LogP contribution in [0.1, 0.15) is 43.1 Å². The van der Waals surface area contributed by atoms with Gasteiger partial charge in [-0.3, -0.25) is 0 Å². The number of carbonyl (C=O) groups is 2. The number of ether oxygens (including phenoxy) is 3. The van der Waals surface area contributed by atoms with Crippen molar-refractivity contribution in [1.29, 1.82) is 0 Å². The van der Waals surface area contributed by atoms with Gasteiger partial charge in [0, 0.05) is 56.2 Å². The number of thiophene rings is 1. The first-order valence-corrected chi connectivity index (χ1v) is 13.2. The van der Waals surface area contributed by atoms with E-state index in [2.05, 4.69) is 26.8 Å². The minimum absolute atomic E-state index is 0.00861. The Labute approximate surface area is 206 Å². The summed E-state index contributed by atoms with van der Waals surface area (Å²) in [6.45, 7) is 4.57. The van der Waals surface area contributed by atoms with Gasteiger partial charge in [-0.05, 0) is 56.5 Å². The Hall–Kier alpha value is -1.88. The number of likely N-dealkylation sites (tertiary alicyclic amines) is 1. The average Bonchev–Trinajstić information content (AvgIpc) is 3.39. The van der Waals surface area contributed by atoms with E-state index in [1.165, 1.54) is 7.11 Å². The van der Waals surface area contributed by atoms with Crippen LogP contribution < -0.4 is 16.0 Å². The van der Waals surface area contributed by atoms with Gasteiger partial charge in [0.25, 0.3) is 0 Å². The van der Waals surface area contributed by atoms with Crippen LogP contribution in [0, 0.1) is 11.8 Å². The number of hydrogen-bond acceptors (Lipinski definition) is 7. The van der Waals surface area contributed by atoms with Crippen LogP contribution in [0.5, 0.6) is 0 Å². The second-order valence-corrected chi connectivity index (χ2v) is 10.0. The van der Waals surface area contributed by atoms with Gasteiger partial charge < -0.3 is 35.1 Å². The third-order valence-electron chi connectivity index (χ3n) is 6.59. The van der Waals surface area contributed by atoms with Crippen molar-refractivity contribution < 1.29 is 23.8 Å². The summed E-state index contributed by atoms with van der Waals surface area (Å²) in [7, 11) is 3.27. The highest BCUT2D eigenvalue weighted by Crippen LogP contribution is 2.35. The summed E-state index contributed by atoms with van der Waals surface area (Å²) in [5.41, 5.74) is 0. The van der Waals surface area contributed by atoms with Crippen LogP contribution in [0.2, 0.25) is 0 Å². The van der Waals surface area contributed by atoms with Crippen LogP contribution in [-0.4, -0.2) is 83.2 Å². The lowest BCUT2D eigenvalue weighted by Crippen LogP contribution is -2.52. The molecule has 9 nitrogen and oxygen atoms in total. The normalized spacial score (nSPS) is 21.0. The first-order chi connectivity index (χ1) is 16.6. The molecular formula is C24H40N4O5S. The summed E-state index contributed by atoms with van der Waals surface area (Å²) in [4.78, 5) is 27.6. The van der Waals surface area contributed by atoms with E-state index in [0.717, 1.165) is 63.3 Å². The van der Waals surface area contributed by atoms with Crippen molar-refractivity contribution in [3.05, 3.63) is 22.4 Å². The fraction of sp³-hybridized carbons (Fsp3) is 0.750. The molecule has 3 rings (SSSR count). The van der Waals surface area contributed by atoms with E-state index in [-0.39, 0.29) is 24.1 Å². The first-order valence-electron chi connectivity index (χ1n) is 12.3. The van der Waals surface area contributed by atoms with Gasteiger partial charge in [0.15, 0.2) is 0 Å². The Morgan fingerprint density at radius 3 is 2.82 bits per heavy atom. The molecule has 0 radical (unpaired) electrons. The lowest BCUT2D eigenvalue weighted by molar-refractivity contribution is -0.00655. The standard InChI is InChI=1S/C24H40N4O5S/c1-25-16-20(15-18-7-11-32-12-8-18)27-23(29)28-10-3-5-19(17-28)22(21-6-4-14-34-21)33-13-9-26-24(30)31-2/h4,6,14,18-20,22,25H,3,5,7-13,15-17H2,1-2H3,(H,26,30)(H,27,29)/t19-,20+,22-/m1/s1. The van der Waals surface area contributed by atoms with Gasteiger partial charge in [-0.2, -0.15) is 0 Å². The molecule has 2 fully saturated rings. The molecule has 0 bridgehead atoms. The molecule has 3 amide bonds. The second-order valence-electron chi connectivity index (χ2n) is 9.07. The quantitative estimate of drug-likeness (QED) is 0.407. The molecule has 0 saturated carbocycles. The molecule has 1 aromatic heterocycles. The predicted molar refractivity (Wildman–Crippen MR) is 132 cm³/mol. The third-order valence-corrected chi connectivity index (χ3v) is 7.52. The van der Waals surface area contributed by atoms with Gasteiger partial charge in [-0.1, -0.05) is 6.07 Å². The van der Waals surface area contributed by atoms with Gasteiger partial charge in [-0.25, -0.2) is 9.59 Å². The second kappa shape index (κ2) is 14.5. The Kier molecular flexibility index (Phi) is 11.4. The van der Waals surface area contributed by atoms with E-state index in [9.17, 15) is 9.59 Å². The Bertz CT molecular complexity index is 729. The molecule has 34 heavy (non-hydrogen) atoms. The van der Waals surface area contributed by atoms with Crippen LogP contribution in [0.15, 0.2) is 17.5 Å². The van der Waals surface area contributed by atoms with Crippen LogP contribution in [-0.2, 0) is 14.2 Å². The van der Waals surface area contributed by atoms with Gasteiger partial charge in [0.2, 0.25) is 0 Å². The highest BCUT2D eigenvalue weighted by molar-refractivity contribution is 7.10. The molecule has 3 atom stereocenters. The number of methoxy groups -OCH3 is 1. The number of nitrogens with one attached hydrogen (secondary N) is 3. The summed E-state index contributed by atoms with van der Waals surface area (Å²) < 4.78 is 16.3. The zero-order valence-electron chi connectivity index (χ0n) is 20.4. The molecule has 0 aromatic carbocycles. The average molecular weight is 497 g/mol. The molecule has 2 aliphatic rings. The first kappa shape index (κ1) is 26.7. The van der Waals surface area contributed by atoms with Crippen molar-refractivity contribution >= 4 is 23.5 Å². The molecule has 1 aromatic rings. The largest absolute Gasteiger partial charge is 0.453 e. The SMILES string of the molecule is CNC[C@H](CC1CCOCC1)NC(=O)N1CCC[C@@H]([C@@H](OCCNC(=O)OC)c2cccs2)C1. The molecule has 0 spiro atoms. The zero-order chi connectivity index (χ0) is 24.2. The summed E-state index contributed by atoms with van der Waals surface area (Å²) >= 11 is 1.67. The number of nitrogens with zero attached hydrogens (tertiary/aromatic N) is 1. The van der Waals surface area contributed by atoms with Gasteiger partial charge >= 0.3 is 12.1 Å². The number of rotatable bonds is 11. The maximum atomic E-state index is 13.2. The molecule has 10 heteroatoms. The molecule has 192 valence electrons. The van der Waals surface area contributed by atoms with E-state index in [1.54, 1.807) is 11.3 Å². The van der Waals surface area contributed by atoms with Crippen LogP contribution >= 0.6 is 11.3 Å².